The van der Waals surface area contributed by atoms with Crippen molar-refractivity contribution in [3.63, 3.8) is 0 Å². The third kappa shape index (κ3) is 4.09. The highest BCUT2D eigenvalue weighted by molar-refractivity contribution is 5.28. The Morgan fingerprint density at radius 3 is 2.57 bits per heavy atom. The lowest BCUT2D eigenvalue weighted by Crippen LogP contribution is -2.12. The van der Waals surface area contributed by atoms with E-state index in [1.807, 2.05) is 28.9 Å². The third-order valence-electron chi connectivity index (χ3n) is 3.42. The summed E-state index contributed by atoms with van der Waals surface area (Å²) < 4.78 is 7.77. The predicted octanol–water partition coefficient (Wildman–Crippen LogP) is 3.15. The molecule has 4 nitrogen and oxygen atoms in total. The highest BCUT2D eigenvalue weighted by Gasteiger charge is 2.05. The van der Waals surface area contributed by atoms with Gasteiger partial charge in [0, 0.05) is 5.69 Å². The van der Waals surface area contributed by atoms with E-state index in [0.717, 1.165) is 36.4 Å². The van der Waals surface area contributed by atoms with Crippen molar-refractivity contribution in [1.82, 2.24) is 9.78 Å². The molecule has 0 aliphatic heterocycles. The second kappa shape index (κ2) is 7.49. The first-order valence-corrected chi connectivity index (χ1v) is 7.41. The van der Waals surface area contributed by atoms with Crippen molar-refractivity contribution in [3.05, 3.63) is 47.3 Å². The lowest BCUT2D eigenvalue weighted by Gasteiger charge is -2.08. The van der Waals surface area contributed by atoms with Crippen LogP contribution in [-0.4, -0.2) is 16.4 Å². The van der Waals surface area contributed by atoms with E-state index in [-0.39, 0.29) is 0 Å². The second-order valence-electron chi connectivity index (χ2n) is 4.88. The molecule has 0 bridgehead atoms. The van der Waals surface area contributed by atoms with E-state index in [4.69, 9.17) is 10.00 Å². The number of aryl methyl sites for hydroxylation is 2. The Balaban J connectivity index is 1.89. The maximum Gasteiger partial charge on any atom is 0.119 e. The molecular formula is C17H21N3O. The van der Waals surface area contributed by atoms with E-state index in [2.05, 4.69) is 31.1 Å². The van der Waals surface area contributed by atoms with Crippen LogP contribution in [0, 0.1) is 11.3 Å². The van der Waals surface area contributed by atoms with Crippen LogP contribution in [-0.2, 0) is 25.8 Å². The van der Waals surface area contributed by atoms with Gasteiger partial charge >= 0.3 is 0 Å². The van der Waals surface area contributed by atoms with Crippen molar-refractivity contribution in [3.8, 4) is 11.8 Å². The molecule has 0 aliphatic rings. The van der Waals surface area contributed by atoms with E-state index in [0.29, 0.717) is 13.0 Å². The van der Waals surface area contributed by atoms with Gasteiger partial charge in [-0.15, -0.1) is 0 Å². The molecule has 0 unspecified atom stereocenters. The summed E-state index contributed by atoms with van der Waals surface area (Å²) in [4.78, 5) is 0. The van der Waals surface area contributed by atoms with Crippen LogP contribution in [0.4, 0.5) is 0 Å². The van der Waals surface area contributed by atoms with Crippen molar-refractivity contribution in [2.24, 2.45) is 0 Å². The van der Waals surface area contributed by atoms with Crippen LogP contribution in [0.25, 0.3) is 0 Å². The number of hydrogen-bond acceptors (Lipinski definition) is 3. The molecule has 2 aromatic rings. The summed E-state index contributed by atoms with van der Waals surface area (Å²) in [6, 6.07) is 12.0. The van der Waals surface area contributed by atoms with Crippen LogP contribution in [0.15, 0.2) is 30.3 Å². The Morgan fingerprint density at radius 1 is 1.19 bits per heavy atom. The van der Waals surface area contributed by atoms with Crippen LogP contribution in [0.2, 0.25) is 0 Å². The summed E-state index contributed by atoms with van der Waals surface area (Å²) in [7, 11) is 0. The van der Waals surface area contributed by atoms with E-state index in [9.17, 15) is 0 Å². The van der Waals surface area contributed by atoms with Crippen molar-refractivity contribution >= 4 is 0 Å². The number of ether oxygens (including phenoxy) is 1. The number of nitriles is 1. The van der Waals surface area contributed by atoms with Gasteiger partial charge in [-0.05, 0) is 36.6 Å². The Morgan fingerprint density at radius 2 is 1.95 bits per heavy atom. The quantitative estimate of drug-likeness (QED) is 0.784. The Bertz CT molecular complexity index is 608. The first-order chi connectivity index (χ1) is 10.3. The van der Waals surface area contributed by atoms with Crippen molar-refractivity contribution in [2.45, 2.75) is 39.7 Å². The molecule has 0 aliphatic carbocycles. The zero-order valence-corrected chi connectivity index (χ0v) is 12.7. The molecule has 0 spiro atoms. The lowest BCUT2D eigenvalue weighted by molar-refractivity contribution is 0.289. The molecular weight excluding hydrogens is 262 g/mol. The summed E-state index contributed by atoms with van der Waals surface area (Å²) in [5.74, 6) is 0.831. The topological polar surface area (TPSA) is 50.8 Å². The Labute approximate surface area is 126 Å². The largest absolute Gasteiger partial charge is 0.492 e. The van der Waals surface area contributed by atoms with Crippen molar-refractivity contribution < 1.29 is 4.74 Å². The van der Waals surface area contributed by atoms with Crippen molar-refractivity contribution in [1.29, 1.82) is 5.26 Å². The van der Waals surface area contributed by atoms with Gasteiger partial charge in [-0.1, -0.05) is 26.0 Å². The van der Waals surface area contributed by atoms with Gasteiger partial charge in [-0.3, -0.25) is 4.68 Å². The maximum absolute atomic E-state index is 8.64. The molecule has 0 radical (unpaired) electrons. The minimum Gasteiger partial charge on any atom is -0.492 e. The molecule has 0 amide bonds. The first kappa shape index (κ1) is 15.1. The third-order valence-corrected chi connectivity index (χ3v) is 3.42. The Kier molecular flexibility index (Phi) is 5.39. The summed E-state index contributed by atoms with van der Waals surface area (Å²) in [5, 5.41) is 13.2. The molecule has 0 fully saturated rings. The fourth-order valence-electron chi connectivity index (χ4n) is 2.21. The predicted molar refractivity (Wildman–Crippen MR) is 82.2 cm³/mol. The highest BCUT2D eigenvalue weighted by Crippen LogP contribution is 2.13. The van der Waals surface area contributed by atoms with E-state index >= 15 is 0 Å². The lowest BCUT2D eigenvalue weighted by atomic mass is 10.2. The zero-order chi connectivity index (χ0) is 15.1. The molecule has 0 saturated heterocycles. The van der Waals surface area contributed by atoms with E-state index in [1.165, 1.54) is 5.69 Å². The maximum atomic E-state index is 8.64. The fraction of sp³-hybridized carbons (Fsp3) is 0.412. The molecule has 1 aromatic carbocycles. The minimum atomic E-state index is 0.438. The van der Waals surface area contributed by atoms with Crippen LogP contribution in [0.3, 0.4) is 0 Å². The standard InChI is InChI=1S/C17H21N3O/c1-3-15-13-16(4-2)20(19-15)11-12-21-17-7-5-14(6-8-17)9-10-18/h5-8,13H,3-4,9,11-12H2,1-2H3. The van der Waals surface area contributed by atoms with Crippen LogP contribution < -0.4 is 4.74 Å². The van der Waals surface area contributed by atoms with Gasteiger partial charge in [0.05, 0.1) is 24.7 Å². The number of rotatable bonds is 7. The molecule has 110 valence electrons. The van der Waals surface area contributed by atoms with Crippen LogP contribution in [0.1, 0.15) is 30.8 Å². The molecule has 1 heterocycles. The monoisotopic (exact) mass is 283 g/mol. The van der Waals surface area contributed by atoms with Crippen LogP contribution in [0.5, 0.6) is 5.75 Å². The average Bonchev–Trinajstić information content (AvgIpc) is 2.92. The van der Waals surface area contributed by atoms with Gasteiger partial charge in [-0.2, -0.15) is 10.4 Å². The second-order valence-corrected chi connectivity index (χ2v) is 4.88. The molecule has 2 rings (SSSR count). The summed E-state index contributed by atoms with van der Waals surface area (Å²) in [5.41, 5.74) is 3.39. The van der Waals surface area contributed by atoms with Gasteiger partial charge < -0.3 is 4.74 Å². The van der Waals surface area contributed by atoms with E-state index in [1.54, 1.807) is 0 Å². The summed E-state index contributed by atoms with van der Waals surface area (Å²) >= 11 is 0. The van der Waals surface area contributed by atoms with Gasteiger partial charge in [0.2, 0.25) is 0 Å². The van der Waals surface area contributed by atoms with E-state index < -0.39 is 0 Å². The normalized spacial score (nSPS) is 10.3. The molecule has 4 heteroatoms. The van der Waals surface area contributed by atoms with Crippen molar-refractivity contribution in [2.75, 3.05) is 6.61 Å². The van der Waals surface area contributed by atoms with Gasteiger partial charge in [0.25, 0.3) is 0 Å². The molecule has 0 N–H and O–H groups in total. The molecule has 1 aromatic heterocycles. The summed E-state index contributed by atoms with van der Waals surface area (Å²) in [6.45, 7) is 5.60. The molecule has 0 atom stereocenters. The first-order valence-electron chi connectivity index (χ1n) is 7.41. The fourth-order valence-corrected chi connectivity index (χ4v) is 2.21. The zero-order valence-electron chi connectivity index (χ0n) is 12.7. The number of hydrogen-bond donors (Lipinski definition) is 0. The number of aromatic nitrogens is 2. The number of benzene rings is 1. The van der Waals surface area contributed by atoms with Crippen LogP contribution >= 0.6 is 0 Å². The minimum absolute atomic E-state index is 0.438. The average molecular weight is 283 g/mol. The Hall–Kier alpha value is -2.28. The van der Waals surface area contributed by atoms with Gasteiger partial charge in [0.1, 0.15) is 12.4 Å². The van der Waals surface area contributed by atoms with Gasteiger partial charge in [-0.25, -0.2) is 0 Å². The SMILES string of the molecule is CCc1cc(CC)n(CCOc2ccc(CC#N)cc2)n1. The number of nitrogens with zero attached hydrogens (tertiary/aromatic N) is 3. The van der Waals surface area contributed by atoms with Gasteiger partial charge in [0.15, 0.2) is 0 Å². The molecule has 21 heavy (non-hydrogen) atoms. The molecule has 0 saturated carbocycles. The summed E-state index contributed by atoms with van der Waals surface area (Å²) in [6.07, 6.45) is 2.38. The smallest absolute Gasteiger partial charge is 0.119 e. The highest BCUT2D eigenvalue weighted by atomic mass is 16.5.